The number of benzene rings is 1. The third-order valence-electron chi connectivity index (χ3n) is 5.44. The third-order valence-corrected chi connectivity index (χ3v) is 6.40. The van der Waals surface area contributed by atoms with Gasteiger partial charge in [-0.3, -0.25) is 14.2 Å². The molecule has 2 fully saturated rings. The normalized spacial score (nSPS) is 19.0. The van der Waals surface area contributed by atoms with Gasteiger partial charge in [0, 0.05) is 19.7 Å². The highest BCUT2D eigenvalue weighted by atomic mass is 32.2. The van der Waals surface area contributed by atoms with Crippen molar-refractivity contribution in [1.82, 2.24) is 14.5 Å². The Morgan fingerprint density at radius 1 is 1.26 bits per heavy atom. The molecular formula is C21H25N3O6S. The predicted octanol–water partition coefficient (Wildman–Crippen LogP) is 1.31. The molecule has 0 aliphatic carbocycles. The molecule has 1 atom stereocenters. The maximum atomic E-state index is 13.3. The number of carbonyl (C=O) groups is 2. The van der Waals surface area contributed by atoms with Crippen LogP contribution in [0.25, 0.3) is 10.9 Å². The van der Waals surface area contributed by atoms with Crippen LogP contribution in [0.2, 0.25) is 0 Å². The van der Waals surface area contributed by atoms with E-state index in [1.807, 2.05) is 0 Å². The van der Waals surface area contributed by atoms with Crippen LogP contribution in [0.5, 0.6) is 0 Å². The summed E-state index contributed by atoms with van der Waals surface area (Å²) in [5.41, 5.74) is 0.509. The van der Waals surface area contributed by atoms with Crippen molar-refractivity contribution >= 4 is 34.5 Å². The summed E-state index contributed by atoms with van der Waals surface area (Å²) < 4.78 is 17.4. The van der Waals surface area contributed by atoms with Crippen LogP contribution in [0.1, 0.15) is 23.2 Å². The molecule has 0 bridgehead atoms. The van der Waals surface area contributed by atoms with E-state index in [4.69, 9.17) is 14.2 Å². The Morgan fingerprint density at radius 3 is 2.77 bits per heavy atom. The summed E-state index contributed by atoms with van der Waals surface area (Å²) in [6.07, 6.45) is 1.78. The fourth-order valence-electron chi connectivity index (χ4n) is 3.74. The number of aromatic nitrogens is 2. The Balaban J connectivity index is 1.65. The molecule has 10 heteroatoms. The molecule has 1 aromatic heterocycles. The molecule has 4 rings (SSSR count). The standard InChI is InChI=1S/C21H25N3O6S/c1-28-20(27)14-4-5-16-17(11-14)22-21(24(19(16)26)12-15-3-2-8-30-15)31-13-18(25)23-6-9-29-10-7-23/h4-5,11,15H,2-3,6-10,12-13H2,1H3. The Morgan fingerprint density at radius 2 is 2.06 bits per heavy atom. The number of ether oxygens (including phenoxy) is 3. The van der Waals surface area contributed by atoms with Gasteiger partial charge in [0.25, 0.3) is 5.56 Å². The Labute approximate surface area is 183 Å². The first kappa shape index (κ1) is 21.8. The van der Waals surface area contributed by atoms with E-state index in [-0.39, 0.29) is 23.3 Å². The monoisotopic (exact) mass is 447 g/mol. The third kappa shape index (κ3) is 4.91. The Hall–Kier alpha value is -2.43. The van der Waals surface area contributed by atoms with Gasteiger partial charge in [-0.2, -0.15) is 0 Å². The van der Waals surface area contributed by atoms with Crippen LogP contribution < -0.4 is 5.56 Å². The summed E-state index contributed by atoms with van der Waals surface area (Å²) >= 11 is 1.23. The molecule has 2 aromatic rings. The molecule has 2 saturated heterocycles. The van der Waals surface area contributed by atoms with Crippen LogP contribution in [0, 0.1) is 0 Å². The smallest absolute Gasteiger partial charge is 0.337 e. The lowest BCUT2D eigenvalue weighted by Gasteiger charge is -2.26. The number of hydrogen-bond acceptors (Lipinski definition) is 8. The van der Waals surface area contributed by atoms with E-state index < -0.39 is 5.97 Å². The number of carbonyl (C=O) groups excluding carboxylic acids is 2. The number of thioether (sulfide) groups is 1. The van der Waals surface area contributed by atoms with Gasteiger partial charge in [0.15, 0.2) is 5.16 Å². The van der Waals surface area contributed by atoms with Crippen molar-refractivity contribution in [3.8, 4) is 0 Å². The molecule has 1 unspecified atom stereocenters. The highest BCUT2D eigenvalue weighted by Gasteiger charge is 2.23. The summed E-state index contributed by atoms with van der Waals surface area (Å²) in [6, 6.07) is 4.70. The van der Waals surface area contributed by atoms with E-state index >= 15 is 0 Å². The highest BCUT2D eigenvalue weighted by molar-refractivity contribution is 7.99. The number of fused-ring (bicyclic) bond motifs is 1. The average molecular weight is 448 g/mol. The van der Waals surface area contributed by atoms with Crippen molar-refractivity contribution in [2.75, 3.05) is 45.8 Å². The Kier molecular flexibility index (Phi) is 6.89. The summed E-state index contributed by atoms with van der Waals surface area (Å²) in [5.74, 6) is -0.348. The van der Waals surface area contributed by atoms with Gasteiger partial charge in [-0.05, 0) is 31.0 Å². The molecule has 0 N–H and O–H groups in total. The fraction of sp³-hybridized carbons (Fsp3) is 0.524. The zero-order valence-corrected chi connectivity index (χ0v) is 18.2. The zero-order chi connectivity index (χ0) is 21.8. The number of esters is 1. The van der Waals surface area contributed by atoms with Gasteiger partial charge in [0.2, 0.25) is 5.91 Å². The minimum atomic E-state index is -0.496. The van der Waals surface area contributed by atoms with Gasteiger partial charge in [-0.25, -0.2) is 9.78 Å². The van der Waals surface area contributed by atoms with Gasteiger partial charge in [-0.1, -0.05) is 11.8 Å². The van der Waals surface area contributed by atoms with Crippen LogP contribution in [0.15, 0.2) is 28.2 Å². The average Bonchev–Trinajstić information content (AvgIpc) is 3.32. The van der Waals surface area contributed by atoms with E-state index in [0.717, 1.165) is 12.8 Å². The van der Waals surface area contributed by atoms with E-state index in [1.165, 1.54) is 18.9 Å². The van der Waals surface area contributed by atoms with Crippen LogP contribution in [0.3, 0.4) is 0 Å². The number of hydrogen-bond donors (Lipinski definition) is 0. The van der Waals surface area contributed by atoms with Crippen molar-refractivity contribution in [2.45, 2.75) is 30.6 Å². The molecule has 31 heavy (non-hydrogen) atoms. The number of morpholine rings is 1. The summed E-state index contributed by atoms with van der Waals surface area (Å²) in [5, 5.41) is 0.853. The van der Waals surface area contributed by atoms with E-state index in [2.05, 4.69) is 4.98 Å². The second-order valence-electron chi connectivity index (χ2n) is 7.45. The van der Waals surface area contributed by atoms with Crippen LogP contribution >= 0.6 is 11.8 Å². The van der Waals surface area contributed by atoms with E-state index in [9.17, 15) is 14.4 Å². The molecule has 3 heterocycles. The molecule has 166 valence electrons. The molecule has 0 spiro atoms. The lowest BCUT2D eigenvalue weighted by atomic mass is 10.1. The number of rotatable bonds is 6. The topological polar surface area (TPSA) is 100.0 Å². The predicted molar refractivity (Wildman–Crippen MR) is 114 cm³/mol. The molecule has 9 nitrogen and oxygen atoms in total. The van der Waals surface area contributed by atoms with Gasteiger partial charge in [-0.15, -0.1) is 0 Å². The second-order valence-corrected chi connectivity index (χ2v) is 8.39. The van der Waals surface area contributed by atoms with Gasteiger partial charge >= 0.3 is 5.97 Å². The summed E-state index contributed by atoms with van der Waals surface area (Å²) in [4.78, 5) is 44.2. The number of amides is 1. The largest absolute Gasteiger partial charge is 0.465 e. The molecule has 1 amide bonds. The van der Waals surface area contributed by atoms with Crippen LogP contribution in [0.4, 0.5) is 0 Å². The molecule has 0 radical (unpaired) electrons. The first-order valence-electron chi connectivity index (χ1n) is 10.3. The zero-order valence-electron chi connectivity index (χ0n) is 17.4. The molecule has 2 aliphatic heterocycles. The number of methoxy groups -OCH3 is 1. The summed E-state index contributed by atoms with van der Waals surface area (Å²) in [7, 11) is 1.30. The summed E-state index contributed by atoms with van der Waals surface area (Å²) in [6.45, 7) is 3.26. The first-order valence-corrected chi connectivity index (χ1v) is 11.3. The lowest BCUT2D eigenvalue weighted by Crippen LogP contribution is -2.41. The first-order chi connectivity index (χ1) is 15.1. The van der Waals surface area contributed by atoms with Crippen molar-refractivity contribution in [3.05, 3.63) is 34.1 Å². The highest BCUT2D eigenvalue weighted by Crippen LogP contribution is 2.22. The SMILES string of the molecule is COC(=O)c1ccc2c(=O)n(CC3CCCO3)c(SCC(=O)N3CCOCC3)nc2c1. The quantitative estimate of drug-likeness (QED) is 0.371. The minimum Gasteiger partial charge on any atom is -0.465 e. The van der Waals surface area contributed by atoms with Crippen molar-refractivity contribution in [1.29, 1.82) is 0 Å². The lowest BCUT2D eigenvalue weighted by molar-refractivity contribution is -0.132. The molecule has 0 saturated carbocycles. The second kappa shape index (κ2) is 9.80. The Bertz CT molecular complexity index is 1030. The molecule has 2 aliphatic rings. The van der Waals surface area contributed by atoms with Gasteiger partial charge < -0.3 is 19.1 Å². The maximum absolute atomic E-state index is 13.3. The molecule has 1 aromatic carbocycles. The van der Waals surface area contributed by atoms with Gasteiger partial charge in [0.1, 0.15) is 0 Å². The molecular weight excluding hydrogens is 422 g/mol. The van der Waals surface area contributed by atoms with Crippen molar-refractivity contribution < 1.29 is 23.8 Å². The number of nitrogens with zero attached hydrogens (tertiary/aromatic N) is 3. The minimum absolute atomic E-state index is 0.0189. The van der Waals surface area contributed by atoms with Crippen molar-refractivity contribution in [2.24, 2.45) is 0 Å². The fourth-order valence-corrected chi connectivity index (χ4v) is 4.65. The maximum Gasteiger partial charge on any atom is 0.337 e. The van der Waals surface area contributed by atoms with Crippen LogP contribution in [-0.2, 0) is 25.5 Å². The van der Waals surface area contributed by atoms with Gasteiger partial charge in [0.05, 0.1) is 55.2 Å². The van der Waals surface area contributed by atoms with Crippen molar-refractivity contribution in [3.63, 3.8) is 0 Å². The van der Waals surface area contributed by atoms with Crippen LogP contribution in [-0.4, -0.2) is 78.2 Å². The van der Waals surface area contributed by atoms with E-state index in [1.54, 1.807) is 27.7 Å². The van der Waals surface area contributed by atoms with E-state index in [0.29, 0.717) is 61.1 Å².